The number of nitrogens with zero attached hydrogens (tertiary/aromatic N) is 5. The number of aromatic nitrogens is 3. The van der Waals surface area contributed by atoms with Crippen LogP contribution in [0.4, 0.5) is 11.4 Å². The number of para-hydroxylation sites is 1. The van der Waals surface area contributed by atoms with Gasteiger partial charge in [-0.25, -0.2) is 9.98 Å². The molecule has 0 amide bonds. The van der Waals surface area contributed by atoms with Crippen molar-refractivity contribution in [2.24, 2.45) is 10.4 Å². The van der Waals surface area contributed by atoms with Crippen LogP contribution in [0.3, 0.4) is 0 Å². The Labute approximate surface area is 170 Å². The molecule has 0 aliphatic carbocycles. The molecular weight excluding hydrogens is 362 g/mol. The molecule has 4 rings (SSSR count). The number of rotatable bonds is 3. The highest BCUT2D eigenvalue weighted by Crippen LogP contribution is 2.41. The van der Waals surface area contributed by atoms with E-state index in [9.17, 15) is 4.79 Å². The molecule has 3 aromatic rings. The standard InChI is InChI=1S/C23H25N5O/c1-16-8-7-9-17(12-16)28-20(13-21(29)23(2,3)4)18-10-5-6-11-19(18)26-22(28)27-15-24-14-25-27/h5-12,14-15,20H,13H2,1-4H3. The van der Waals surface area contributed by atoms with Crippen molar-refractivity contribution < 1.29 is 4.79 Å². The van der Waals surface area contributed by atoms with E-state index in [0.717, 1.165) is 22.5 Å². The molecule has 0 saturated carbocycles. The molecule has 29 heavy (non-hydrogen) atoms. The first-order valence-corrected chi connectivity index (χ1v) is 9.76. The normalized spacial score (nSPS) is 16.3. The van der Waals surface area contributed by atoms with E-state index in [0.29, 0.717) is 12.4 Å². The largest absolute Gasteiger partial charge is 0.302 e. The highest BCUT2D eigenvalue weighted by atomic mass is 16.1. The number of Topliss-reactive ketones (excluding diaryl/α,β-unsaturated/α-hetero) is 1. The first kappa shape index (κ1) is 19.1. The van der Waals surface area contributed by atoms with Gasteiger partial charge in [0.2, 0.25) is 5.96 Å². The van der Waals surface area contributed by atoms with Gasteiger partial charge in [-0.2, -0.15) is 9.78 Å². The zero-order valence-electron chi connectivity index (χ0n) is 17.2. The quantitative estimate of drug-likeness (QED) is 0.654. The highest BCUT2D eigenvalue weighted by Gasteiger charge is 2.36. The van der Waals surface area contributed by atoms with Gasteiger partial charge >= 0.3 is 0 Å². The van der Waals surface area contributed by atoms with Crippen LogP contribution in [-0.4, -0.2) is 26.5 Å². The van der Waals surface area contributed by atoms with Crippen LogP contribution in [0.2, 0.25) is 0 Å². The molecule has 6 nitrogen and oxygen atoms in total. The van der Waals surface area contributed by atoms with Crippen LogP contribution in [0.1, 0.15) is 44.4 Å². The third kappa shape index (κ3) is 3.70. The van der Waals surface area contributed by atoms with Crippen molar-refractivity contribution in [3.63, 3.8) is 0 Å². The molecule has 2 heterocycles. The average molecular weight is 387 g/mol. The van der Waals surface area contributed by atoms with E-state index in [4.69, 9.17) is 4.99 Å². The van der Waals surface area contributed by atoms with E-state index in [1.165, 1.54) is 6.33 Å². The number of ketones is 1. The van der Waals surface area contributed by atoms with E-state index in [-0.39, 0.29) is 11.8 Å². The number of anilines is 1. The topological polar surface area (TPSA) is 63.4 Å². The van der Waals surface area contributed by atoms with Crippen LogP contribution in [0, 0.1) is 12.3 Å². The summed E-state index contributed by atoms with van der Waals surface area (Å²) in [4.78, 5) is 24.2. The summed E-state index contributed by atoms with van der Waals surface area (Å²) in [6.07, 6.45) is 3.51. The molecule has 2 aromatic carbocycles. The van der Waals surface area contributed by atoms with Gasteiger partial charge in [-0.15, -0.1) is 0 Å². The molecule has 0 fully saturated rings. The van der Waals surface area contributed by atoms with Crippen molar-refractivity contribution in [2.45, 2.75) is 40.2 Å². The number of aliphatic imine (C=N–C) groups is 1. The van der Waals surface area contributed by atoms with Crippen molar-refractivity contribution in [1.29, 1.82) is 0 Å². The van der Waals surface area contributed by atoms with Gasteiger partial charge in [0.05, 0.1) is 11.7 Å². The number of carbonyl (C=O) groups is 1. The summed E-state index contributed by atoms with van der Waals surface area (Å²) in [5, 5.41) is 4.32. The highest BCUT2D eigenvalue weighted by molar-refractivity contribution is 6.02. The number of fused-ring (bicyclic) bond motifs is 1. The summed E-state index contributed by atoms with van der Waals surface area (Å²) in [5.74, 6) is 0.841. The van der Waals surface area contributed by atoms with Crippen LogP contribution in [0.15, 0.2) is 66.2 Å². The second-order valence-electron chi connectivity index (χ2n) is 8.41. The summed E-state index contributed by atoms with van der Waals surface area (Å²) in [7, 11) is 0. The molecule has 0 radical (unpaired) electrons. The Bertz CT molecular complexity index is 1060. The smallest absolute Gasteiger partial charge is 0.233 e. The Morgan fingerprint density at radius 1 is 1.10 bits per heavy atom. The molecule has 1 aliphatic heterocycles. The van der Waals surface area contributed by atoms with Crippen molar-refractivity contribution in [3.05, 3.63) is 72.3 Å². The lowest BCUT2D eigenvalue weighted by Crippen LogP contribution is -2.43. The maximum absolute atomic E-state index is 13.1. The van der Waals surface area contributed by atoms with Crippen LogP contribution < -0.4 is 4.90 Å². The maximum Gasteiger partial charge on any atom is 0.233 e. The second-order valence-corrected chi connectivity index (χ2v) is 8.41. The first-order valence-electron chi connectivity index (χ1n) is 9.76. The fourth-order valence-corrected chi connectivity index (χ4v) is 3.54. The lowest BCUT2D eigenvalue weighted by molar-refractivity contribution is -0.126. The third-order valence-electron chi connectivity index (χ3n) is 5.16. The maximum atomic E-state index is 13.1. The molecule has 1 atom stereocenters. The summed E-state index contributed by atoms with van der Waals surface area (Å²) in [6.45, 7) is 7.96. The fraction of sp³-hybridized carbons (Fsp3) is 0.304. The van der Waals surface area contributed by atoms with Gasteiger partial charge in [0, 0.05) is 23.1 Å². The van der Waals surface area contributed by atoms with Gasteiger partial charge in [0.1, 0.15) is 18.4 Å². The zero-order valence-corrected chi connectivity index (χ0v) is 17.2. The van der Waals surface area contributed by atoms with Crippen molar-refractivity contribution >= 4 is 23.1 Å². The van der Waals surface area contributed by atoms with Gasteiger partial charge in [0.15, 0.2) is 0 Å². The SMILES string of the molecule is Cc1cccc(N2C(n3cncn3)=Nc3ccccc3C2CC(=O)C(C)(C)C)c1. The lowest BCUT2D eigenvalue weighted by atomic mass is 9.84. The second kappa shape index (κ2) is 7.28. The third-order valence-corrected chi connectivity index (χ3v) is 5.16. The molecule has 0 spiro atoms. The van der Waals surface area contributed by atoms with Gasteiger partial charge < -0.3 is 4.90 Å². The van der Waals surface area contributed by atoms with E-state index < -0.39 is 5.41 Å². The molecule has 148 valence electrons. The van der Waals surface area contributed by atoms with Crippen LogP contribution >= 0.6 is 0 Å². The number of benzene rings is 2. The molecule has 0 bridgehead atoms. The van der Waals surface area contributed by atoms with Gasteiger partial charge in [-0.05, 0) is 30.7 Å². The van der Waals surface area contributed by atoms with Crippen LogP contribution in [0.25, 0.3) is 0 Å². The molecular formula is C23H25N5O. The zero-order chi connectivity index (χ0) is 20.6. The predicted octanol–water partition coefficient (Wildman–Crippen LogP) is 4.69. The lowest BCUT2D eigenvalue weighted by Gasteiger charge is -2.38. The minimum Gasteiger partial charge on any atom is -0.302 e. The average Bonchev–Trinajstić information content (AvgIpc) is 3.21. The molecule has 6 heteroatoms. The van der Waals surface area contributed by atoms with Crippen LogP contribution in [-0.2, 0) is 4.79 Å². The minimum absolute atomic E-state index is 0.184. The Balaban J connectivity index is 1.91. The Kier molecular flexibility index (Phi) is 4.78. The molecule has 1 aliphatic rings. The summed E-state index contributed by atoms with van der Waals surface area (Å²) < 4.78 is 1.66. The molecule has 1 aromatic heterocycles. The fourth-order valence-electron chi connectivity index (χ4n) is 3.54. The van der Waals surface area contributed by atoms with E-state index >= 15 is 0 Å². The molecule has 0 N–H and O–H groups in total. The van der Waals surface area contributed by atoms with Gasteiger partial charge in [-0.3, -0.25) is 4.79 Å². The molecule has 1 unspecified atom stereocenters. The predicted molar refractivity (Wildman–Crippen MR) is 114 cm³/mol. The van der Waals surface area contributed by atoms with Gasteiger partial charge in [0.25, 0.3) is 0 Å². The summed E-state index contributed by atoms with van der Waals surface area (Å²) >= 11 is 0. The van der Waals surface area contributed by atoms with E-state index in [2.05, 4.69) is 40.1 Å². The summed E-state index contributed by atoms with van der Waals surface area (Å²) in [6, 6.07) is 16.0. The monoisotopic (exact) mass is 387 g/mol. The number of carbonyl (C=O) groups excluding carboxylic acids is 1. The minimum atomic E-state index is -0.421. The number of hydrogen-bond acceptors (Lipinski definition) is 5. The Morgan fingerprint density at radius 3 is 2.59 bits per heavy atom. The Hall–Kier alpha value is -3.28. The van der Waals surface area contributed by atoms with Gasteiger partial charge in [-0.1, -0.05) is 51.1 Å². The van der Waals surface area contributed by atoms with Crippen LogP contribution in [0.5, 0.6) is 0 Å². The van der Waals surface area contributed by atoms with E-state index in [1.807, 2.05) is 51.1 Å². The molecule has 0 saturated heterocycles. The van der Waals surface area contributed by atoms with Crippen molar-refractivity contribution in [1.82, 2.24) is 14.8 Å². The summed E-state index contributed by atoms with van der Waals surface area (Å²) in [5.41, 5.74) is 3.58. The first-order chi connectivity index (χ1) is 13.8. The van der Waals surface area contributed by atoms with E-state index in [1.54, 1.807) is 11.0 Å². The number of hydrogen-bond donors (Lipinski definition) is 0. The number of aryl methyl sites for hydroxylation is 1. The van der Waals surface area contributed by atoms with Crippen molar-refractivity contribution in [2.75, 3.05) is 4.90 Å². The van der Waals surface area contributed by atoms with Crippen molar-refractivity contribution in [3.8, 4) is 0 Å². The Morgan fingerprint density at radius 2 is 1.90 bits per heavy atom.